The van der Waals surface area contributed by atoms with Gasteiger partial charge in [0, 0.05) is 6.61 Å². The lowest BCUT2D eigenvalue weighted by atomic mass is 9.92. The van der Waals surface area contributed by atoms with E-state index in [1.165, 1.54) is 5.56 Å². The Balaban J connectivity index is 2.38. The molecule has 1 rings (SSSR count). The fourth-order valence-electron chi connectivity index (χ4n) is 1.37. The second kappa shape index (κ2) is 5.67. The molecule has 0 aliphatic rings. The fourth-order valence-corrected chi connectivity index (χ4v) is 1.37. The molecule has 1 aromatic rings. The fraction of sp³-hybridized carbons (Fsp3) is 0.500. The molecule has 16 heavy (non-hydrogen) atoms. The molecule has 0 aliphatic carbocycles. The van der Waals surface area contributed by atoms with Crippen molar-refractivity contribution in [3.8, 4) is 6.07 Å². The quantitative estimate of drug-likeness (QED) is 0.753. The first-order chi connectivity index (χ1) is 7.55. The van der Waals surface area contributed by atoms with Crippen LogP contribution < -0.4 is 0 Å². The Morgan fingerprint density at radius 3 is 2.50 bits per heavy atom. The van der Waals surface area contributed by atoms with Crippen molar-refractivity contribution in [1.29, 1.82) is 5.26 Å². The van der Waals surface area contributed by atoms with Gasteiger partial charge in [-0.25, -0.2) is 0 Å². The van der Waals surface area contributed by atoms with E-state index in [2.05, 4.69) is 18.2 Å². The van der Waals surface area contributed by atoms with Crippen LogP contribution in [0.5, 0.6) is 0 Å². The summed E-state index contributed by atoms with van der Waals surface area (Å²) in [6, 6.07) is 12.4. The normalized spacial score (nSPS) is 13.1. The molecule has 0 heterocycles. The first-order valence-electron chi connectivity index (χ1n) is 5.63. The van der Waals surface area contributed by atoms with Crippen molar-refractivity contribution in [2.45, 2.75) is 33.3 Å². The SMILES string of the molecule is CC(OCCC(C)(C)C#N)c1ccccc1. The Morgan fingerprint density at radius 2 is 1.94 bits per heavy atom. The molecule has 86 valence electrons. The molecule has 0 radical (unpaired) electrons. The van der Waals surface area contributed by atoms with Crippen molar-refractivity contribution < 1.29 is 4.74 Å². The molecule has 1 unspecified atom stereocenters. The molecule has 0 bridgehead atoms. The minimum atomic E-state index is -0.295. The van der Waals surface area contributed by atoms with Gasteiger partial charge in [-0.15, -0.1) is 0 Å². The van der Waals surface area contributed by atoms with E-state index < -0.39 is 0 Å². The second-order valence-corrected chi connectivity index (χ2v) is 4.67. The molecule has 0 spiro atoms. The molecular weight excluding hydrogens is 198 g/mol. The summed E-state index contributed by atoms with van der Waals surface area (Å²) in [5.41, 5.74) is 0.883. The van der Waals surface area contributed by atoms with E-state index in [0.717, 1.165) is 6.42 Å². The zero-order chi connectivity index (χ0) is 12.0. The Morgan fingerprint density at radius 1 is 1.31 bits per heavy atom. The summed E-state index contributed by atoms with van der Waals surface area (Å²) in [4.78, 5) is 0. The molecule has 0 saturated heterocycles. The van der Waals surface area contributed by atoms with Gasteiger partial charge in [-0.05, 0) is 32.8 Å². The molecule has 0 saturated carbocycles. The average Bonchev–Trinajstić information content (AvgIpc) is 2.30. The van der Waals surface area contributed by atoms with Gasteiger partial charge >= 0.3 is 0 Å². The lowest BCUT2D eigenvalue weighted by Crippen LogP contribution is -2.13. The third-order valence-corrected chi connectivity index (χ3v) is 2.67. The van der Waals surface area contributed by atoms with Crippen molar-refractivity contribution in [3.05, 3.63) is 35.9 Å². The van der Waals surface area contributed by atoms with Gasteiger partial charge in [-0.3, -0.25) is 0 Å². The summed E-state index contributed by atoms with van der Waals surface area (Å²) in [7, 11) is 0. The van der Waals surface area contributed by atoms with Crippen LogP contribution >= 0.6 is 0 Å². The Hall–Kier alpha value is -1.33. The van der Waals surface area contributed by atoms with E-state index in [9.17, 15) is 0 Å². The van der Waals surface area contributed by atoms with Crippen LogP contribution in [0.2, 0.25) is 0 Å². The second-order valence-electron chi connectivity index (χ2n) is 4.67. The van der Waals surface area contributed by atoms with Crippen LogP contribution in [-0.4, -0.2) is 6.61 Å². The average molecular weight is 217 g/mol. The number of nitrogens with zero attached hydrogens (tertiary/aromatic N) is 1. The number of rotatable bonds is 5. The molecule has 0 fully saturated rings. The predicted octanol–water partition coefficient (Wildman–Crippen LogP) is 3.70. The van der Waals surface area contributed by atoms with Gasteiger partial charge in [0.25, 0.3) is 0 Å². The van der Waals surface area contributed by atoms with Crippen molar-refractivity contribution in [1.82, 2.24) is 0 Å². The molecule has 0 aromatic heterocycles. The summed E-state index contributed by atoms with van der Waals surface area (Å²) in [6.45, 7) is 6.53. The number of ether oxygens (including phenoxy) is 1. The minimum Gasteiger partial charge on any atom is -0.374 e. The van der Waals surface area contributed by atoms with E-state index in [1.54, 1.807) is 0 Å². The standard InChI is InChI=1S/C14H19NO/c1-12(13-7-5-4-6-8-13)16-10-9-14(2,3)11-15/h4-8,12H,9-10H2,1-3H3. The van der Waals surface area contributed by atoms with Gasteiger partial charge in [0.05, 0.1) is 17.6 Å². The molecule has 2 heteroatoms. The van der Waals surface area contributed by atoms with Crippen LogP contribution in [0.3, 0.4) is 0 Å². The Kier molecular flexibility index (Phi) is 4.52. The highest BCUT2D eigenvalue weighted by Gasteiger charge is 2.16. The van der Waals surface area contributed by atoms with Gasteiger partial charge in [0.15, 0.2) is 0 Å². The number of nitriles is 1. The maximum absolute atomic E-state index is 8.87. The first kappa shape index (κ1) is 12.7. The lowest BCUT2D eigenvalue weighted by molar-refractivity contribution is 0.0526. The number of hydrogen-bond donors (Lipinski definition) is 0. The highest BCUT2D eigenvalue weighted by atomic mass is 16.5. The lowest BCUT2D eigenvalue weighted by Gasteiger charge is -2.18. The van der Waals surface area contributed by atoms with E-state index >= 15 is 0 Å². The molecular formula is C14H19NO. The monoisotopic (exact) mass is 217 g/mol. The van der Waals surface area contributed by atoms with E-state index in [0.29, 0.717) is 6.61 Å². The van der Waals surface area contributed by atoms with Crippen molar-refractivity contribution in [3.63, 3.8) is 0 Å². The molecule has 2 nitrogen and oxygen atoms in total. The maximum atomic E-state index is 8.87. The van der Waals surface area contributed by atoms with Gasteiger partial charge in [0.2, 0.25) is 0 Å². The Labute approximate surface area is 97.9 Å². The van der Waals surface area contributed by atoms with Crippen LogP contribution in [0.1, 0.15) is 38.9 Å². The number of hydrogen-bond acceptors (Lipinski definition) is 2. The van der Waals surface area contributed by atoms with E-state index in [4.69, 9.17) is 10.00 Å². The van der Waals surface area contributed by atoms with Crippen LogP contribution in [0, 0.1) is 16.7 Å². The molecule has 1 aromatic carbocycles. The largest absolute Gasteiger partial charge is 0.374 e. The van der Waals surface area contributed by atoms with E-state index in [1.807, 2.05) is 39.0 Å². The summed E-state index contributed by atoms with van der Waals surface area (Å²) in [5.74, 6) is 0. The zero-order valence-electron chi connectivity index (χ0n) is 10.2. The number of benzene rings is 1. The van der Waals surface area contributed by atoms with Crippen LogP contribution in [0.4, 0.5) is 0 Å². The highest BCUT2D eigenvalue weighted by molar-refractivity contribution is 5.16. The van der Waals surface area contributed by atoms with E-state index in [-0.39, 0.29) is 11.5 Å². The Bertz CT molecular complexity index is 351. The minimum absolute atomic E-state index is 0.0932. The predicted molar refractivity (Wildman–Crippen MR) is 64.8 cm³/mol. The van der Waals surface area contributed by atoms with Crippen LogP contribution in [-0.2, 0) is 4.74 Å². The smallest absolute Gasteiger partial charge is 0.0796 e. The highest BCUT2D eigenvalue weighted by Crippen LogP contribution is 2.21. The molecule has 1 atom stereocenters. The third kappa shape index (κ3) is 4.04. The maximum Gasteiger partial charge on any atom is 0.0796 e. The van der Waals surface area contributed by atoms with Crippen LogP contribution in [0.15, 0.2) is 30.3 Å². The molecule has 0 N–H and O–H groups in total. The van der Waals surface area contributed by atoms with Crippen molar-refractivity contribution in [2.24, 2.45) is 5.41 Å². The molecule has 0 aliphatic heterocycles. The summed E-state index contributed by atoms with van der Waals surface area (Å²) < 4.78 is 5.71. The zero-order valence-corrected chi connectivity index (χ0v) is 10.2. The van der Waals surface area contributed by atoms with Gasteiger partial charge in [-0.1, -0.05) is 30.3 Å². The summed E-state index contributed by atoms with van der Waals surface area (Å²) >= 11 is 0. The first-order valence-corrected chi connectivity index (χ1v) is 5.63. The van der Waals surface area contributed by atoms with Gasteiger partial charge in [0.1, 0.15) is 0 Å². The topological polar surface area (TPSA) is 33.0 Å². The summed E-state index contributed by atoms with van der Waals surface area (Å²) in [6.07, 6.45) is 0.858. The van der Waals surface area contributed by atoms with Crippen molar-refractivity contribution >= 4 is 0 Å². The summed E-state index contributed by atoms with van der Waals surface area (Å²) in [5, 5.41) is 8.87. The van der Waals surface area contributed by atoms with Crippen LogP contribution in [0.25, 0.3) is 0 Å². The third-order valence-electron chi connectivity index (χ3n) is 2.67. The molecule has 0 amide bonds. The van der Waals surface area contributed by atoms with Gasteiger partial charge < -0.3 is 4.74 Å². The van der Waals surface area contributed by atoms with Crippen molar-refractivity contribution in [2.75, 3.05) is 6.61 Å². The van der Waals surface area contributed by atoms with Gasteiger partial charge in [-0.2, -0.15) is 5.26 Å².